The topological polar surface area (TPSA) is 75.9 Å². The number of methoxy groups -OCH3 is 1. The maximum absolute atomic E-state index is 13.1. The van der Waals surface area contributed by atoms with Gasteiger partial charge in [0.2, 0.25) is 5.91 Å². The summed E-state index contributed by atoms with van der Waals surface area (Å²) in [7, 11) is 1.62. The highest BCUT2D eigenvalue weighted by Gasteiger charge is 2.49. The molecule has 7 heteroatoms. The molecule has 2 amide bonds. The van der Waals surface area contributed by atoms with Crippen LogP contribution in [0.4, 0.5) is 5.69 Å². The number of carbonyl (C=O) groups excluding carboxylic acids is 2. The lowest BCUT2D eigenvalue weighted by Gasteiger charge is -2.48. The summed E-state index contributed by atoms with van der Waals surface area (Å²) in [5.74, 6) is 1.02. The maximum atomic E-state index is 13.1. The summed E-state index contributed by atoms with van der Waals surface area (Å²) >= 11 is 0. The van der Waals surface area contributed by atoms with Crippen LogP contribution in [0.1, 0.15) is 41.9 Å². The Morgan fingerprint density at radius 2 is 1.93 bits per heavy atom. The molecule has 0 bridgehead atoms. The Bertz CT molecular complexity index is 852. The van der Waals surface area contributed by atoms with Crippen molar-refractivity contribution in [1.29, 1.82) is 0 Å². The van der Waals surface area contributed by atoms with Gasteiger partial charge in [-0.05, 0) is 44.0 Å². The van der Waals surface area contributed by atoms with Crippen LogP contribution in [0, 0.1) is 6.92 Å². The second-order valence-corrected chi connectivity index (χ2v) is 7.34. The number of amides is 2. The molecule has 0 radical (unpaired) electrons. The van der Waals surface area contributed by atoms with Gasteiger partial charge < -0.3 is 19.1 Å². The van der Waals surface area contributed by atoms with Gasteiger partial charge in [-0.15, -0.1) is 0 Å². The van der Waals surface area contributed by atoms with Gasteiger partial charge in [0.1, 0.15) is 18.1 Å². The molecule has 1 aliphatic carbocycles. The van der Waals surface area contributed by atoms with Crippen molar-refractivity contribution in [2.75, 3.05) is 25.1 Å². The summed E-state index contributed by atoms with van der Waals surface area (Å²) in [5, 5.41) is 3.82. The number of rotatable bonds is 3. The molecule has 0 N–H and O–H groups in total. The lowest BCUT2D eigenvalue weighted by molar-refractivity contribution is -0.123. The van der Waals surface area contributed by atoms with Crippen molar-refractivity contribution in [3.05, 3.63) is 41.8 Å². The van der Waals surface area contributed by atoms with E-state index in [1.807, 2.05) is 29.2 Å². The fraction of sp³-hybridized carbons (Fsp3) is 0.450. The van der Waals surface area contributed by atoms with Crippen LogP contribution >= 0.6 is 0 Å². The number of benzene rings is 1. The normalized spacial score (nSPS) is 19.0. The minimum Gasteiger partial charge on any atom is -0.497 e. The van der Waals surface area contributed by atoms with E-state index in [4.69, 9.17) is 9.26 Å². The van der Waals surface area contributed by atoms with Gasteiger partial charge in [-0.25, -0.2) is 0 Å². The Morgan fingerprint density at radius 3 is 2.52 bits per heavy atom. The molecule has 142 valence electrons. The number of piperazine rings is 1. The van der Waals surface area contributed by atoms with Crippen LogP contribution in [-0.4, -0.2) is 47.6 Å². The number of ether oxygens (including phenoxy) is 1. The number of hydrogen-bond donors (Lipinski definition) is 0. The van der Waals surface area contributed by atoms with Gasteiger partial charge in [-0.2, -0.15) is 0 Å². The van der Waals surface area contributed by atoms with Gasteiger partial charge in [0, 0.05) is 18.3 Å². The van der Waals surface area contributed by atoms with Crippen LogP contribution in [0.2, 0.25) is 0 Å². The first-order chi connectivity index (χ1) is 13.0. The zero-order valence-electron chi connectivity index (χ0n) is 15.6. The third-order valence-corrected chi connectivity index (χ3v) is 5.53. The Balaban J connectivity index is 1.64. The van der Waals surface area contributed by atoms with Gasteiger partial charge in [0.25, 0.3) is 5.91 Å². The monoisotopic (exact) mass is 369 g/mol. The highest BCUT2D eigenvalue weighted by atomic mass is 16.5. The molecule has 27 heavy (non-hydrogen) atoms. The van der Waals surface area contributed by atoms with Crippen molar-refractivity contribution in [1.82, 2.24) is 10.1 Å². The van der Waals surface area contributed by atoms with Crippen LogP contribution in [0.25, 0.3) is 0 Å². The first-order valence-corrected chi connectivity index (χ1v) is 9.22. The highest BCUT2D eigenvalue weighted by molar-refractivity contribution is 6.02. The van der Waals surface area contributed by atoms with Crippen molar-refractivity contribution in [3.8, 4) is 5.75 Å². The molecule has 1 saturated carbocycles. The minimum atomic E-state index is -0.363. The van der Waals surface area contributed by atoms with E-state index in [0.717, 1.165) is 37.1 Å². The molecule has 1 saturated heterocycles. The van der Waals surface area contributed by atoms with Crippen molar-refractivity contribution in [2.45, 2.75) is 38.1 Å². The zero-order valence-corrected chi connectivity index (χ0v) is 15.6. The van der Waals surface area contributed by atoms with E-state index in [9.17, 15) is 9.59 Å². The van der Waals surface area contributed by atoms with Gasteiger partial charge in [-0.3, -0.25) is 9.59 Å². The van der Waals surface area contributed by atoms with Gasteiger partial charge in [-0.1, -0.05) is 18.0 Å². The standard InChI is InChI=1S/C20H23N3O4/c1-14-11-17(21-27-14)19(25)22-12-18(24)23(20(13-22)9-3-4-10-20)15-5-7-16(26-2)8-6-15/h5-8,11H,3-4,9-10,12-13H2,1-2H3. The van der Waals surface area contributed by atoms with Gasteiger partial charge in [0.05, 0.1) is 12.6 Å². The van der Waals surface area contributed by atoms with Crippen LogP contribution in [-0.2, 0) is 4.79 Å². The van der Waals surface area contributed by atoms with Crippen molar-refractivity contribution < 1.29 is 18.8 Å². The minimum absolute atomic E-state index is 0.0402. The number of anilines is 1. The summed E-state index contributed by atoms with van der Waals surface area (Å²) in [5.41, 5.74) is 0.747. The number of hydrogen-bond acceptors (Lipinski definition) is 5. The summed E-state index contributed by atoms with van der Waals surface area (Å²) in [4.78, 5) is 29.5. The third-order valence-electron chi connectivity index (χ3n) is 5.53. The van der Waals surface area contributed by atoms with Crippen LogP contribution < -0.4 is 9.64 Å². The molecular weight excluding hydrogens is 346 g/mol. The van der Waals surface area contributed by atoms with Crippen LogP contribution in [0.15, 0.2) is 34.9 Å². The summed E-state index contributed by atoms with van der Waals surface area (Å²) in [6.45, 7) is 2.29. The second-order valence-electron chi connectivity index (χ2n) is 7.34. The molecule has 2 aliphatic rings. The van der Waals surface area contributed by atoms with E-state index >= 15 is 0 Å². The quantitative estimate of drug-likeness (QED) is 0.832. The Kier molecular flexibility index (Phi) is 4.37. The van der Waals surface area contributed by atoms with Crippen LogP contribution in [0.5, 0.6) is 5.75 Å². The summed E-state index contributed by atoms with van der Waals surface area (Å²) < 4.78 is 10.3. The smallest absolute Gasteiger partial charge is 0.276 e. The fourth-order valence-corrected chi connectivity index (χ4v) is 4.32. The van der Waals surface area contributed by atoms with E-state index in [2.05, 4.69) is 5.16 Å². The van der Waals surface area contributed by atoms with Crippen LogP contribution in [0.3, 0.4) is 0 Å². The Labute approximate surface area is 157 Å². The lowest BCUT2D eigenvalue weighted by atomic mass is 9.90. The Hall–Kier alpha value is -2.83. The molecule has 2 fully saturated rings. The first kappa shape index (κ1) is 17.6. The fourth-order valence-electron chi connectivity index (χ4n) is 4.32. The molecule has 1 spiro atoms. The van der Waals surface area contributed by atoms with E-state index in [0.29, 0.717) is 12.3 Å². The molecular formula is C20H23N3O4. The molecule has 7 nitrogen and oxygen atoms in total. The molecule has 4 rings (SSSR count). The van der Waals surface area contributed by atoms with Crippen molar-refractivity contribution in [3.63, 3.8) is 0 Å². The molecule has 1 aromatic carbocycles. The Morgan fingerprint density at radius 1 is 1.22 bits per heavy atom. The molecule has 1 aromatic heterocycles. The zero-order chi connectivity index (χ0) is 19.0. The molecule has 2 aromatic rings. The maximum Gasteiger partial charge on any atom is 0.276 e. The lowest BCUT2D eigenvalue weighted by Crippen LogP contribution is -2.65. The van der Waals surface area contributed by atoms with Gasteiger partial charge >= 0.3 is 0 Å². The molecule has 0 atom stereocenters. The largest absolute Gasteiger partial charge is 0.497 e. The van der Waals surface area contributed by atoms with E-state index < -0.39 is 0 Å². The predicted octanol–water partition coefficient (Wildman–Crippen LogP) is 2.79. The summed E-state index contributed by atoms with van der Waals surface area (Å²) in [6.07, 6.45) is 3.86. The van der Waals surface area contributed by atoms with Crippen molar-refractivity contribution >= 4 is 17.5 Å². The number of aromatic nitrogens is 1. The average molecular weight is 369 g/mol. The van der Waals surface area contributed by atoms with Gasteiger partial charge in [0.15, 0.2) is 5.69 Å². The molecule has 0 unspecified atom stereocenters. The SMILES string of the molecule is COc1ccc(N2C(=O)CN(C(=O)c3cc(C)on3)CC23CCCC3)cc1. The number of aryl methyl sites for hydroxylation is 1. The number of nitrogens with zero attached hydrogens (tertiary/aromatic N) is 3. The molecule has 1 aliphatic heterocycles. The first-order valence-electron chi connectivity index (χ1n) is 9.22. The predicted molar refractivity (Wildman–Crippen MR) is 98.8 cm³/mol. The second kappa shape index (κ2) is 6.72. The van der Waals surface area contributed by atoms with E-state index in [-0.39, 0.29) is 29.6 Å². The average Bonchev–Trinajstić information content (AvgIpc) is 3.30. The van der Waals surface area contributed by atoms with E-state index in [1.54, 1.807) is 25.0 Å². The van der Waals surface area contributed by atoms with E-state index in [1.165, 1.54) is 0 Å². The molecule has 2 heterocycles. The van der Waals surface area contributed by atoms with Crippen molar-refractivity contribution in [2.24, 2.45) is 0 Å². The number of carbonyl (C=O) groups is 2. The third kappa shape index (κ3) is 3.07. The highest BCUT2D eigenvalue weighted by Crippen LogP contribution is 2.41. The summed E-state index contributed by atoms with van der Waals surface area (Å²) in [6, 6.07) is 9.16.